The predicted molar refractivity (Wildman–Crippen MR) is 67.7 cm³/mol. The third-order valence-electron chi connectivity index (χ3n) is 1.85. The number of primary amides is 1. The average Bonchev–Trinajstić information content (AvgIpc) is 2.26. The molecule has 6 nitrogen and oxygen atoms in total. The van der Waals surface area contributed by atoms with Gasteiger partial charge in [-0.2, -0.15) is 8.42 Å². The van der Waals surface area contributed by atoms with Crippen LogP contribution >= 0.6 is 0 Å². The van der Waals surface area contributed by atoms with Gasteiger partial charge in [0.15, 0.2) is 0 Å². The van der Waals surface area contributed by atoms with Gasteiger partial charge in [0.2, 0.25) is 0 Å². The van der Waals surface area contributed by atoms with Gasteiger partial charge in [-0.15, -0.1) is 0 Å². The van der Waals surface area contributed by atoms with E-state index in [4.69, 9.17) is 10.3 Å². The number of carbonyl (C=O) groups excluding carboxylic acids is 1. The minimum Gasteiger partial charge on any atom is -0.364 e. The van der Waals surface area contributed by atoms with Crippen molar-refractivity contribution in [2.45, 2.75) is 0 Å². The molecule has 0 bridgehead atoms. The Morgan fingerprint density at radius 3 is 2.33 bits per heavy atom. The molecule has 0 saturated carbocycles. The van der Waals surface area contributed by atoms with Gasteiger partial charge in [0.25, 0.3) is 16.0 Å². The van der Waals surface area contributed by atoms with E-state index in [0.29, 0.717) is 11.9 Å². The minimum absolute atomic E-state index is 0.304. The molecule has 1 aromatic heterocycles. The molecule has 0 spiro atoms. The molecule has 2 rings (SSSR count). The average molecular weight is 268 g/mol. The Bertz CT molecular complexity index is 660. The number of rotatable bonds is 1. The van der Waals surface area contributed by atoms with E-state index < -0.39 is 16.0 Å². The molecule has 0 saturated heterocycles. The van der Waals surface area contributed by atoms with Gasteiger partial charge < -0.3 is 5.73 Å². The highest BCUT2D eigenvalue weighted by Crippen LogP contribution is 2.10. The molecular formula is C11H12N2O4S. The van der Waals surface area contributed by atoms with Gasteiger partial charge in [-0.05, 0) is 12.1 Å². The van der Waals surface area contributed by atoms with E-state index in [1.54, 1.807) is 6.07 Å². The lowest BCUT2D eigenvalue weighted by Gasteiger charge is -1.97. The highest BCUT2D eigenvalue weighted by Gasteiger charge is 2.01. The molecule has 0 fully saturated rings. The number of pyridine rings is 1. The number of para-hydroxylation sites is 1. The van der Waals surface area contributed by atoms with Crippen molar-refractivity contribution in [1.82, 2.24) is 4.98 Å². The molecular weight excluding hydrogens is 256 g/mol. The summed E-state index contributed by atoms with van der Waals surface area (Å²) in [5.41, 5.74) is 6.20. The van der Waals surface area contributed by atoms with Crippen LogP contribution in [0.15, 0.2) is 36.4 Å². The van der Waals surface area contributed by atoms with E-state index in [1.807, 2.05) is 30.3 Å². The lowest BCUT2D eigenvalue weighted by atomic mass is 10.2. The fourth-order valence-corrected chi connectivity index (χ4v) is 1.20. The van der Waals surface area contributed by atoms with Crippen LogP contribution < -0.4 is 5.73 Å². The zero-order valence-electron chi connectivity index (χ0n) is 9.57. The first-order valence-corrected chi connectivity index (χ1v) is 6.70. The van der Waals surface area contributed by atoms with Crippen LogP contribution in [-0.2, 0) is 10.1 Å². The molecule has 1 aromatic carbocycles. The molecule has 0 aliphatic rings. The molecule has 0 radical (unpaired) electrons. The second kappa shape index (κ2) is 5.56. The molecule has 3 N–H and O–H groups in total. The highest BCUT2D eigenvalue weighted by atomic mass is 32.2. The first-order chi connectivity index (χ1) is 8.27. The standard InChI is InChI=1S/C10H8N2O.CH4O3S/c11-10(13)9-6-5-7-3-1-2-4-8(7)12-9;1-5(2,3)4/h1-6H,(H2,11,13);1H3,(H,2,3,4). The summed E-state index contributed by atoms with van der Waals surface area (Å²) >= 11 is 0. The normalized spacial score (nSPS) is 10.6. The van der Waals surface area contributed by atoms with E-state index in [-0.39, 0.29) is 0 Å². The van der Waals surface area contributed by atoms with Gasteiger partial charge in [0.1, 0.15) is 5.69 Å². The minimum atomic E-state index is -3.67. The van der Waals surface area contributed by atoms with Crippen molar-refractivity contribution in [3.8, 4) is 0 Å². The maximum atomic E-state index is 10.8. The number of amides is 1. The van der Waals surface area contributed by atoms with Crippen LogP contribution in [0, 0.1) is 0 Å². The van der Waals surface area contributed by atoms with E-state index in [2.05, 4.69) is 4.98 Å². The molecule has 1 heterocycles. The summed E-state index contributed by atoms with van der Waals surface area (Å²) in [4.78, 5) is 14.9. The maximum absolute atomic E-state index is 10.8. The summed E-state index contributed by atoms with van der Waals surface area (Å²) < 4.78 is 25.9. The first kappa shape index (κ1) is 14.1. The Balaban J connectivity index is 0.000000280. The van der Waals surface area contributed by atoms with Gasteiger partial charge in [-0.3, -0.25) is 9.35 Å². The summed E-state index contributed by atoms with van der Waals surface area (Å²) in [5, 5.41) is 1.01. The summed E-state index contributed by atoms with van der Waals surface area (Å²) in [6.45, 7) is 0. The molecule has 0 aliphatic carbocycles. The van der Waals surface area contributed by atoms with E-state index in [1.165, 1.54) is 0 Å². The van der Waals surface area contributed by atoms with Crippen molar-refractivity contribution in [3.05, 3.63) is 42.1 Å². The van der Waals surface area contributed by atoms with Crippen LogP contribution in [0.2, 0.25) is 0 Å². The van der Waals surface area contributed by atoms with E-state index >= 15 is 0 Å². The smallest absolute Gasteiger partial charge is 0.267 e. The molecule has 2 aromatic rings. The summed E-state index contributed by atoms with van der Waals surface area (Å²) in [7, 11) is -3.67. The van der Waals surface area contributed by atoms with Crippen molar-refractivity contribution in [2.75, 3.05) is 6.26 Å². The molecule has 18 heavy (non-hydrogen) atoms. The number of aromatic nitrogens is 1. The highest BCUT2D eigenvalue weighted by molar-refractivity contribution is 7.85. The van der Waals surface area contributed by atoms with Crippen molar-refractivity contribution < 1.29 is 17.8 Å². The Morgan fingerprint density at radius 2 is 1.78 bits per heavy atom. The Kier molecular flexibility index (Phi) is 4.35. The van der Waals surface area contributed by atoms with Crippen molar-refractivity contribution in [2.24, 2.45) is 5.73 Å². The largest absolute Gasteiger partial charge is 0.364 e. The van der Waals surface area contributed by atoms with Gasteiger partial charge in [0.05, 0.1) is 11.8 Å². The molecule has 96 valence electrons. The molecule has 0 unspecified atom stereocenters. The lowest BCUT2D eigenvalue weighted by Crippen LogP contribution is -2.12. The van der Waals surface area contributed by atoms with Crippen LogP contribution in [0.4, 0.5) is 0 Å². The number of nitrogens with two attached hydrogens (primary N) is 1. The van der Waals surface area contributed by atoms with Gasteiger partial charge in [-0.25, -0.2) is 4.98 Å². The summed E-state index contributed by atoms with van der Waals surface area (Å²) in [6.07, 6.45) is 0.715. The molecule has 0 aliphatic heterocycles. The van der Waals surface area contributed by atoms with Gasteiger partial charge in [0, 0.05) is 5.39 Å². The zero-order chi connectivity index (χ0) is 13.8. The van der Waals surface area contributed by atoms with Gasteiger partial charge in [-0.1, -0.05) is 24.3 Å². The lowest BCUT2D eigenvalue weighted by molar-refractivity contribution is 0.0996. The number of hydrogen-bond donors (Lipinski definition) is 2. The fraction of sp³-hybridized carbons (Fsp3) is 0.0909. The van der Waals surface area contributed by atoms with Crippen LogP contribution in [0.1, 0.15) is 10.5 Å². The Morgan fingerprint density at radius 1 is 1.22 bits per heavy atom. The maximum Gasteiger partial charge on any atom is 0.267 e. The second-order valence-corrected chi connectivity index (χ2v) is 4.95. The SMILES string of the molecule is CS(=O)(=O)O.NC(=O)c1ccc2ccccc2n1. The summed E-state index contributed by atoms with van der Waals surface area (Å²) in [5.74, 6) is -0.495. The van der Waals surface area contributed by atoms with Crippen molar-refractivity contribution in [1.29, 1.82) is 0 Å². The predicted octanol–water partition coefficient (Wildman–Crippen LogP) is 0.838. The first-order valence-electron chi connectivity index (χ1n) is 4.85. The van der Waals surface area contributed by atoms with Crippen LogP contribution in [0.3, 0.4) is 0 Å². The van der Waals surface area contributed by atoms with Crippen LogP contribution in [-0.4, -0.2) is 30.1 Å². The third-order valence-corrected chi connectivity index (χ3v) is 1.85. The number of nitrogens with zero attached hydrogens (tertiary/aromatic N) is 1. The number of carbonyl (C=O) groups is 1. The van der Waals surface area contributed by atoms with Gasteiger partial charge >= 0.3 is 0 Å². The van der Waals surface area contributed by atoms with Crippen LogP contribution in [0.5, 0.6) is 0 Å². The molecule has 7 heteroatoms. The third kappa shape index (κ3) is 4.89. The fourth-order valence-electron chi connectivity index (χ4n) is 1.20. The van der Waals surface area contributed by atoms with E-state index in [0.717, 1.165) is 10.9 Å². The zero-order valence-corrected chi connectivity index (χ0v) is 10.4. The monoisotopic (exact) mass is 268 g/mol. The summed E-state index contributed by atoms with van der Waals surface area (Å²) in [6, 6.07) is 11.1. The number of benzene rings is 1. The number of fused-ring (bicyclic) bond motifs is 1. The number of hydrogen-bond acceptors (Lipinski definition) is 4. The van der Waals surface area contributed by atoms with E-state index in [9.17, 15) is 13.2 Å². The van der Waals surface area contributed by atoms with Crippen LogP contribution in [0.25, 0.3) is 10.9 Å². The Hall–Kier alpha value is -1.99. The Labute approximate surface area is 104 Å². The van der Waals surface area contributed by atoms with Crippen molar-refractivity contribution in [3.63, 3.8) is 0 Å². The quantitative estimate of drug-likeness (QED) is 0.744. The molecule has 0 atom stereocenters. The second-order valence-electron chi connectivity index (χ2n) is 3.49. The van der Waals surface area contributed by atoms with Crippen molar-refractivity contribution >= 4 is 26.9 Å². The molecule has 1 amide bonds. The topological polar surface area (TPSA) is 110 Å².